The summed E-state index contributed by atoms with van der Waals surface area (Å²) in [7, 11) is -3.84. The molecule has 0 aromatic heterocycles. The van der Waals surface area contributed by atoms with E-state index in [4.69, 9.17) is 5.14 Å². The second kappa shape index (κ2) is 7.92. The number of aryl methyl sites for hydroxylation is 2. The maximum absolute atomic E-state index is 12.1. The third-order valence-corrected chi connectivity index (χ3v) is 5.12. The fraction of sp³-hybridized carbons (Fsp3) is 0.235. The Morgan fingerprint density at radius 1 is 1.21 bits per heavy atom. The number of hydrogen-bond acceptors (Lipinski definition) is 3. The predicted octanol–water partition coefficient (Wildman–Crippen LogP) is 2.77. The van der Waals surface area contributed by atoms with Crippen molar-refractivity contribution in [1.29, 1.82) is 0 Å². The molecule has 3 N–H and O–H groups in total. The molecule has 0 radical (unpaired) electrons. The van der Waals surface area contributed by atoms with Crippen molar-refractivity contribution in [2.45, 2.75) is 24.7 Å². The highest BCUT2D eigenvalue weighted by atomic mass is 79.9. The van der Waals surface area contributed by atoms with Crippen LogP contribution in [0.2, 0.25) is 0 Å². The number of primary sulfonamides is 1. The minimum Gasteiger partial charge on any atom is -0.352 e. The van der Waals surface area contributed by atoms with E-state index < -0.39 is 10.0 Å². The lowest BCUT2D eigenvalue weighted by Crippen LogP contribution is -2.25. The van der Waals surface area contributed by atoms with E-state index in [2.05, 4.69) is 21.2 Å². The summed E-state index contributed by atoms with van der Waals surface area (Å²) in [6.45, 7) is 2.14. The summed E-state index contributed by atoms with van der Waals surface area (Å²) in [6.07, 6.45) is 1.63. The van der Waals surface area contributed by atoms with E-state index >= 15 is 0 Å². The van der Waals surface area contributed by atoms with Crippen molar-refractivity contribution >= 4 is 31.9 Å². The summed E-state index contributed by atoms with van der Waals surface area (Å²) in [5, 5.41) is 7.96. The first-order valence-electron chi connectivity index (χ1n) is 7.43. The van der Waals surface area contributed by atoms with Crippen molar-refractivity contribution in [3.63, 3.8) is 0 Å². The molecule has 2 rings (SSSR count). The zero-order chi connectivity index (χ0) is 17.7. The number of hydrogen-bond donors (Lipinski definition) is 2. The number of benzene rings is 2. The maximum Gasteiger partial charge on any atom is 0.251 e. The lowest BCUT2D eigenvalue weighted by molar-refractivity contribution is 0.0953. The number of sulfonamides is 1. The van der Waals surface area contributed by atoms with E-state index in [9.17, 15) is 13.2 Å². The van der Waals surface area contributed by atoms with Gasteiger partial charge < -0.3 is 5.32 Å². The van der Waals surface area contributed by atoms with Crippen molar-refractivity contribution < 1.29 is 13.2 Å². The third kappa shape index (κ3) is 5.15. The first-order chi connectivity index (χ1) is 11.3. The second-order valence-electron chi connectivity index (χ2n) is 5.51. The smallest absolute Gasteiger partial charge is 0.251 e. The minimum absolute atomic E-state index is 0.0238. The molecular weight excluding hydrogens is 392 g/mol. The van der Waals surface area contributed by atoms with E-state index in [1.165, 1.54) is 11.6 Å². The van der Waals surface area contributed by atoms with Crippen LogP contribution in [0.5, 0.6) is 0 Å². The first-order valence-corrected chi connectivity index (χ1v) is 9.77. The van der Waals surface area contributed by atoms with E-state index in [-0.39, 0.29) is 16.4 Å². The standard InChI is InChI=1S/C17H19BrN2O3S/c1-12-7-8-14(11-16(12)24(19,22)23)17(21)20-9-3-5-13-4-2-6-15(18)10-13/h2,4,6-8,10-11H,3,5,9H2,1H3,(H,20,21)(H2,19,22,23). The monoisotopic (exact) mass is 410 g/mol. The zero-order valence-corrected chi connectivity index (χ0v) is 15.7. The average molecular weight is 411 g/mol. The van der Waals surface area contributed by atoms with Crippen molar-refractivity contribution in [1.82, 2.24) is 5.32 Å². The Morgan fingerprint density at radius 3 is 2.62 bits per heavy atom. The molecule has 2 aromatic carbocycles. The van der Waals surface area contributed by atoms with Gasteiger partial charge in [-0.05, 0) is 55.2 Å². The van der Waals surface area contributed by atoms with Crippen LogP contribution in [0.4, 0.5) is 0 Å². The number of halogens is 1. The number of carbonyl (C=O) groups is 1. The number of nitrogens with one attached hydrogen (secondary N) is 1. The van der Waals surface area contributed by atoms with Crippen LogP contribution in [0.15, 0.2) is 51.8 Å². The molecular formula is C17H19BrN2O3S. The summed E-state index contributed by atoms with van der Waals surface area (Å²) >= 11 is 3.42. The fourth-order valence-corrected chi connectivity index (χ4v) is 3.59. The molecule has 24 heavy (non-hydrogen) atoms. The SMILES string of the molecule is Cc1ccc(C(=O)NCCCc2cccc(Br)c2)cc1S(N)(=O)=O. The Hall–Kier alpha value is -1.70. The summed E-state index contributed by atoms with van der Waals surface area (Å²) in [5.41, 5.74) is 1.99. The zero-order valence-electron chi connectivity index (χ0n) is 13.3. The molecule has 1 amide bonds. The van der Waals surface area contributed by atoms with Gasteiger partial charge in [0, 0.05) is 16.6 Å². The number of nitrogens with two attached hydrogens (primary N) is 1. The molecule has 0 saturated carbocycles. The van der Waals surface area contributed by atoms with Crippen LogP contribution in [0, 0.1) is 6.92 Å². The molecule has 0 fully saturated rings. The molecule has 0 saturated heterocycles. The Bertz CT molecular complexity index is 851. The highest BCUT2D eigenvalue weighted by Gasteiger charge is 2.14. The fourth-order valence-electron chi connectivity index (χ4n) is 2.34. The van der Waals surface area contributed by atoms with Crippen molar-refractivity contribution in [2.75, 3.05) is 6.54 Å². The van der Waals surface area contributed by atoms with Crippen LogP contribution in [-0.4, -0.2) is 20.9 Å². The quantitative estimate of drug-likeness (QED) is 0.717. The molecule has 7 heteroatoms. The van der Waals surface area contributed by atoms with Crippen LogP contribution in [-0.2, 0) is 16.4 Å². The predicted molar refractivity (Wildman–Crippen MR) is 97.3 cm³/mol. The van der Waals surface area contributed by atoms with Crippen molar-refractivity contribution in [3.8, 4) is 0 Å². The molecule has 2 aromatic rings. The van der Waals surface area contributed by atoms with Gasteiger partial charge in [-0.25, -0.2) is 13.6 Å². The molecule has 0 bridgehead atoms. The van der Waals surface area contributed by atoms with Gasteiger partial charge >= 0.3 is 0 Å². The van der Waals surface area contributed by atoms with Crippen LogP contribution in [0.25, 0.3) is 0 Å². The average Bonchev–Trinajstić information content (AvgIpc) is 2.50. The Balaban J connectivity index is 1.93. The van der Waals surface area contributed by atoms with Gasteiger partial charge in [-0.15, -0.1) is 0 Å². The van der Waals surface area contributed by atoms with Crippen LogP contribution in [0.3, 0.4) is 0 Å². The summed E-state index contributed by atoms with van der Waals surface area (Å²) in [5.74, 6) is -0.311. The Labute approximate surface area is 150 Å². The molecule has 0 spiro atoms. The van der Waals surface area contributed by atoms with Gasteiger partial charge in [0.1, 0.15) is 0 Å². The van der Waals surface area contributed by atoms with E-state index in [0.29, 0.717) is 12.1 Å². The van der Waals surface area contributed by atoms with Crippen molar-refractivity contribution in [3.05, 3.63) is 63.6 Å². The molecule has 0 aliphatic heterocycles. The molecule has 5 nitrogen and oxygen atoms in total. The molecule has 0 aliphatic carbocycles. The van der Waals surface area contributed by atoms with Gasteiger partial charge in [0.15, 0.2) is 0 Å². The second-order valence-corrected chi connectivity index (χ2v) is 7.96. The van der Waals surface area contributed by atoms with Gasteiger partial charge in [-0.1, -0.05) is 34.1 Å². The van der Waals surface area contributed by atoms with Crippen molar-refractivity contribution in [2.24, 2.45) is 5.14 Å². The number of rotatable bonds is 6. The topological polar surface area (TPSA) is 89.3 Å². The highest BCUT2D eigenvalue weighted by molar-refractivity contribution is 9.10. The molecule has 0 atom stereocenters. The largest absolute Gasteiger partial charge is 0.352 e. The van der Waals surface area contributed by atoms with E-state index in [1.54, 1.807) is 19.1 Å². The van der Waals surface area contributed by atoms with E-state index in [1.807, 2.05) is 24.3 Å². The van der Waals surface area contributed by atoms with Crippen LogP contribution in [0.1, 0.15) is 27.9 Å². The highest BCUT2D eigenvalue weighted by Crippen LogP contribution is 2.16. The third-order valence-electron chi connectivity index (χ3n) is 3.57. The lowest BCUT2D eigenvalue weighted by atomic mass is 10.1. The molecule has 128 valence electrons. The maximum atomic E-state index is 12.1. The number of carbonyl (C=O) groups excluding carboxylic acids is 1. The van der Waals surface area contributed by atoms with Gasteiger partial charge in [0.25, 0.3) is 5.91 Å². The van der Waals surface area contributed by atoms with Gasteiger partial charge in [0.05, 0.1) is 4.90 Å². The molecule has 0 heterocycles. The normalized spacial score (nSPS) is 11.3. The first kappa shape index (κ1) is 18.6. The Kier molecular flexibility index (Phi) is 6.15. The van der Waals surface area contributed by atoms with Gasteiger partial charge in [-0.3, -0.25) is 4.79 Å². The van der Waals surface area contributed by atoms with Gasteiger partial charge in [-0.2, -0.15) is 0 Å². The number of amides is 1. The summed E-state index contributed by atoms with van der Waals surface area (Å²) < 4.78 is 24.1. The summed E-state index contributed by atoms with van der Waals surface area (Å²) in [4.78, 5) is 12.1. The molecule has 0 aliphatic rings. The van der Waals surface area contributed by atoms with Gasteiger partial charge in [0.2, 0.25) is 10.0 Å². The Morgan fingerprint density at radius 2 is 1.96 bits per heavy atom. The van der Waals surface area contributed by atoms with E-state index in [0.717, 1.165) is 17.3 Å². The van der Waals surface area contributed by atoms with Crippen LogP contribution < -0.4 is 10.5 Å². The lowest BCUT2D eigenvalue weighted by Gasteiger charge is -2.08. The summed E-state index contributed by atoms with van der Waals surface area (Å²) in [6, 6.07) is 12.5. The minimum atomic E-state index is -3.84. The molecule has 0 unspecified atom stereocenters. The van der Waals surface area contributed by atoms with Crippen LogP contribution >= 0.6 is 15.9 Å².